The van der Waals surface area contributed by atoms with Crippen molar-refractivity contribution in [2.45, 2.75) is 71.6 Å². The Morgan fingerprint density at radius 3 is 2.68 bits per heavy atom. The van der Waals surface area contributed by atoms with E-state index in [1.54, 1.807) is 29.8 Å². The van der Waals surface area contributed by atoms with Gasteiger partial charge < -0.3 is 24.8 Å². The van der Waals surface area contributed by atoms with Crippen LogP contribution in [0.2, 0.25) is 0 Å². The normalized spacial score (nSPS) is 18.4. The van der Waals surface area contributed by atoms with Gasteiger partial charge in [0.2, 0.25) is 0 Å². The number of hydrogen-bond donors (Lipinski definition) is 2. The first kappa shape index (κ1) is 28.5. The number of aromatic nitrogens is 3. The number of hydrogen-bond acceptors (Lipinski definition) is 7. The van der Waals surface area contributed by atoms with Gasteiger partial charge in [0.05, 0.1) is 17.4 Å². The number of piperidine rings is 1. The topological polar surface area (TPSA) is 118 Å². The van der Waals surface area contributed by atoms with Crippen LogP contribution in [0.4, 0.5) is 10.2 Å². The standard InChI is InChI=1S/C30H36FN5O5/c1-18-25(26(29(38)39)41-30(2,3)4)28-35-12-10-19(11-13-35)7-5-6-14-40-23-15-21(31)9-8-20(23)17-32-27(37)22-16-24(33-18)36(28)34-22/h6,8-9,14-16,19,26H,5,7,10-13,17H2,1-4H3,(H,32,37)(H,38,39)/b14-6-/t26-/m0/s1. The van der Waals surface area contributed by atoms with Crippen LogP contribution in [0, 0.1) is 18.7 Å². The van der Waals surface area contributed by atoms with Crippen molar-refractivity contribution in [2.75, 3.05) is 18.0 Å². The number of ether oxygens (including phenoxy) is 2. The van der Waals surface area contributed by atoms with Crippen LogP contribution in [0.25, 0.3) is 5.65 Å². The van der Waals surface area contributed by atoms with Crippen LogP contribution in [0.5, 0.6) is 5.75 Å². The first-order chi connectivity index (χ1) is 19.5. The minimum absolute atomic E-state index is 0.0927. The SMILES string of the molecule is Cc1nc2cc3nn2c(c1[C@H](OC(C)(C)C)C(=O)O)N1CCC(CC/C=C\Oc2cc(F)ccc2CNC3=O)CC1. The predicted molar refractivity (Wildman–Crippen MR) is 150 cm³/mol. The molecule has 1 atom stereocenters. The van der Waals surface area contributed by atoms with E-state index in [1.807, 2.05) is 26.8 Å². The van der Waals surface area contributed by atoms with Crippen molar-refractivity contribution in [2.24, 2.45) is 5.92 Å². The maximum absolute atomic E-state index is 14.0. The Morgan fingerprint density at radius 2 is 1.98 bits per heavy atom. The molecular weight excluding hydrogens is 529 g/mol. The largest absolute Gasteiger partial charge is 0.479 e. The average Bonchev–Trinajstić information content (AvgIpc) is 3.33. The lowest BCUT2D eigenvalue weighted by Crippen LogP contribution is -2.38. The summed E-state index contributed by atoms with van der Waals surface area (Å²) >= 11 is 0. The summed E-state index contributed by atoms with van der Waals surface area (Å²) in [6.07, 6.45) is 5.80. The highest BCUT2D eigenvalue weighted by molar-refractivity contribution is 5.93. The molecule has 6 rings (SSSR count). The van der Waals surface area contributed by atoms with Crippen molar-refractivity contribution >= 4 is 23.3 Å². The van der Waals surface area contributed by atoms with Crippen molar-refractivity contribution in [1.82, 2.24) is 19.9 Å². The lowest BCUT2D eigenvalue weighted by Gasteiger charge is -2.36. The number of carboxylic acid groups (broad SMARTS) is 1. The zero-order valence-electron chi connectivity index (χ0n) is 23.8. The van der Waals surface area contributed by atoms with Gasteiger partial charge in [-0.15, -0.1) is 0 Å². The number of rotatable bonds is 3. The molecule has 218 valence electrons. The number of fused-ring (bicyclic) bond motifs is 7. The van der Waals surface area contributed by atoms with Crippen LogP contribution in [0.3, 0.4) is 0 Å². The molecule has 10 nitrogen and oxygen atoms in total. The van der Waals surface area contributed by atoms with E-state index in [1.165, 1.54) is 12.1 Å². The van der Waals surface area contributed by atoms with Gasteiger partial charge in [-0.3, -0.25) is 4.79 Å². The molecule has 0 spiro atoms. The third-order valence-corrected chi connectivity index (χ3v) is 7.41. The highest BCUT2D eigenvalue weighted by Crippen LogP contribution is 2.37. The van der Waals surface area contributed by atoms with E-state index in [0.717, 1.165) is 25.7 Å². The lowest BCUT2D eigenvalue weighted by atomic mass is 9.91. The molecule has 0 radical (unpaired) electrons. The number of aryl methyl sites for hydroxylation is 1. The number of benzene rings is 1. The van der Waals surface area contributed by atoms with Gasteiger partial charge in [0, 0.05) is 43.0 Å². The smallest absolute Gasteiger partial charge is 0.337 e. The minimum Gasteiger partial charge on any atom is -0.479 e. The van der Waals surface area contributed by atoms with Gasteiger partial charge in [-0.25, -0.2) is 14.2 Å². The first-order valence-electron chi connectivity index (χ1n) is 13.9. The second kappa shape index (κ2) is 11.5. The summed E-state index contributed by atoms with van der Waals surface area (Å²) in [6.45, 7) is 8.66. The fourth-order valence-corrected chi connectivity index (χ4v) is 5.43. The number of nitrogens with one attached hydrogen (secondary N) is 1. The Labute approximate surface area is 238 Å². The van der Waals surface area contributed by atoms with Gasteiger partial charge in [-0.05, 0) is 71.4 Å². The summed E-state index contributed by atoms with van der Waals surface area (Å²) in [5.74, 6) is -0.624. The Hall–Kier alpha value is -3.99. The van der Waals surface area contributed by atoms with E-state index in [0.29, 0.717) is 53.0 Å². The number of aliphatic carboxylic acids is 1. The van der Waals surface area contributed by atoms with Crippen LogP contribution < -0.4 is 15.0 Å². The third-order valence-electron chi connectivity index (χ3n) is 7.41. The second-order valence-corrected chi connectivity index (χ2v) is 11.6. The number of amides is 1. The highest BCUT2D eigenvalue weighted by Gasteiger charge is 2.35. The maximum Gasteiger partial charge on any atom is 0.337 e. The molecule has 1 aromatic carbocycles. The van der Waals surface area contributed by atoms with Crippen molar-refractivity contribution in [3.8, 4) is 5.75 Å². The molecule has 2 aromatic heterocycles. The number of anilines is 1. The Kier molecular flexibility index (Phi) is 7.99. The van der Waals surface area contributed by atoms with Crippen LogP contribution in [0.1, 0.15) is 79.9 Å². The molecule has 0 aliphatic carbocycles. The van der Waals surface area contributed by atoms with Gasteiger partial charge in [-0.2, -0.15) is 9.61 Å². The average molecular weight is 566 g/mol. The summed E-state index contributed by atoms with van der Waals surface area (Å²) in [6, 6.07) is 5.77. The Morgan fingerprint density at radius 1 is 1.22 bits per heavy atom. The Balaban J connectivity index is 1.61. The van der Waals surface area contributed by atoms with Gasteiger partial charge in [0.15, 0.2) is 17.4 Å². The molecule has 0 unspecified atom stereocenters. The molecule has 1 amide bonds. The number of carbonyl (C=O) groups excluding carboxylic acids is 1. The van der Waals surface area contributed by atoms with E-state index in [9.17, 15) is 19.1 Å². The molecule has 3 aromatic rings. The van der Waals surface area contributed by atoms with Crippen LogP contribution >= 0.6 is 0 Å². The first-order valence-corrected chi connectivity index (χ1v) is 13.9. The summed E-state index contributed by atoms with van der Waals surface area (Å²) in [5.41, 5.74) is 1.37. The summed E-state index contributed by atoms with van der Waals surface area (Å²) in [4.78, 5) is 32.6. The number of nitrogens with zero attached hydrogens (tertiary/aromatic N) is 4. The molecule has 3 aliphatic heterocycles. The molecule has 1 fully saturated rings. The molecule has 3 aliphatic rings. The van der Waals surface area contributed by atoms with E-state index in [2.05, 4.69) is 20.3 Å². The van der Waals surface area contributed by atoms with E-state index >= 15 is 0 Å². The van der Waals surface area contributed by atoms with Crippen molar-refractivity contribution in [3.05, 3.63) is 64.9 Å². The number of halogens is 1. The fraction of sp³-hybridized carbons (Fsp3) is 0.467. The molecule has 41 heavy (non-hydrogen) atoms. The monoisotopic (exact) mass is 565 g/mol. The van der Waals surface area contributed by atoms with E-state index in [-0.39, 0.29) is 12.2 Å². The quantitative estimate of drug-likeness (QED) is 0.458. The van der Waals surface area contributed by atoms with Gasteiger partial charge in [0.25, 0.3) is 5.91 Å². The van der Waals surface area contributed by atoms with Gasteiger partial charge in [0.1, 0.15) is 17.4 Å². The molecule has 4 bridgehead atoms. The second-order valence-electron chi connectivity index (χ2n) is 11.6. The van der Waals surface area contributed by atoms with Crippen molar-refractivity contribution in [1.29, 1.82) is 0 Å². The predicted octanol–water partition coefficient (Wildman–Crippen LogP) is 4.95. The maximum atomic E-state index is 14.0. The number of carboxylic acids is 1. The fourth-order valence-electron chi connectivity index (χ4n) is 5.43. The van der Waals surface area contributed by atoms with Crippen LogP contribution in [0.15, 0.2) is 36.6 Å². The highest BCUT2D eigenvalue weighted by atomic mass is 19.1. The van der Waals surface area contributed by atoms with Gasteiger partial charge >= 0.3 is 5.97 Å². The van der Waals surface area contributed by atoms with Crippen LogP contribution in [-0.4, -0.2) is 50.3 Å². The molecular formula is C30H36FN5O5. The zero-order valence-corrected chi connectivity index (χ0v) is 23.8. The van der Waals surface area contributed by atoms with Crippen molar-refractivity contribution < 1.29 is 28.6 Å². The molecule has 2 N–H and O–H groups in total. The molecule has 5 heterocycles. The molecule has 1 saturated heterocycles. The van der Waals surface area contributed by atoms with Crippen molar-refractivity contribution in [3.63, 3.8) is 0 Å². The summed E-state index contributed by atoms with van der Waals surface area (Å²) in [7, 11) is 0. The Bertz CT molecular complexity index is 1490. The van der Waals surface area contributed by atoms with Crippen LogP contribution in [-0.2, 0) is 16.1 Å². The summed E-state index contributed by atoms with van der Waals surface area (Å²) in [5, 5.41) is 17.7. The molecule has 0 saturated carbocycles. The minimum atomic E-state index is -1.28. The lowest BCUT2D eigenvalue weighted by molar-refractivity contribution is -0.160. The number of carbonyl (C=O) groups is 2. The zero-order chi connectivity index (χ0) is 29.3. The van der Waals surface area contributed by atoms with E-state index in [4.69, 9.17) is 9.47 Å². The summed E-state index contributed by atoms with van der Waals surface area (Å²) < 4.78 is 27.3. The van der Waals surface area contributed by atoms with Gasteiger partial charge in [-0.1, -0.05) is 6.07 Å². The number of allylic oxidation sites excluding steroid dienone is 1. The third kappa shape index (κ3) is 6.35. The molecule has 11 heteroatoms. The van der Waals surface area contributed by atoms with E-state index < -0.39 is 29.4 Å².